The van der Waals surface area contributed by atoms with Crippen LogP contribution in [0.4, 0.5) is 11.4 Å². The molecule has 0 aromatic heterocycles. The summed E-state index contributed by atoms with van der Waals surface area (Å²) in [5.41, 5.74) is 4.28. The third-order valence-corrected chi connectivity index (χ3v) is 4.24. The number of rotatable bonds is 2. The zero-order valence-electron chi connectivity index (χ0n) is 13.8. The third kappa shape index (κ3) is 2.91. The lowest BCUT2D eigenvalue weighted by Gasteiger charge is -2.02. The zero-order valence-corrected chi connectivity index (χ0v) is 13.8. The predicted octanol–water partition coefficient (Wildman–Crippen LogP) is 7.03. The van der Waals surface area contributed by atoms with E-state index in [4.69, 9.17) is 0 Å². The lowest BCUT2D eigenvalue weighted by atomic mass is 10.1. The number of hydrogen-bond acceptors (Lipinski definition) is 2. The van der Waals surface area contributed by atoms with Crippen LogP contribution in [-0.4, -0.2) is 0 Å². The van der Waals surface area contributed by atoms with E-state index in [1.807, 2.05) is 12.1 Å². The molecule has 0 aliphatic rings. The Morgan fingerprint density at radius 1 is 0.458 bits per heavy atom. The molecule has 4 rings (SSSR count). The summed E-state index contributed by atoms with van der Waals surface area (Å²) >= 11 is 0. The molecule has 24 heavy (non-hydrogen) atoms. The molecule has 0 radical (unpaired) electrons. The molecule has 0 unspecified atom stereocenters. The van der Waals surface area contributed by atoms with Gasteiger partial charge in [0.25, 0.3) is 0 Å². The number of azo groups is 1. The summed E-state index contributed by atoms with van der Waals surface area (Å²) in [6.45, 7) is 4.21. The molecule has 116 valence electrons. The molecular formula is C22H18N2. The smallest absolute Gasteiger partial charge is 0.0863 e. The van der Waals surface area contributed by atoms with E-state index in [1.165, 1.54) is 32.7 Å². The van der Waals surface area contributed by atoms with Gasteiger partial charge in [0.1, 0.15) is 0 Å². The van der Waals surface area contributed by atoms with Crippen LogP contribution >= 0.6 is 0 Å². The van der Waals surface area contributed by atoms with Gasteiger partial charge < -0.3 is 0 Å². The van der Waals surface area contributed by atoms with Gasteiger partial charge in [-0.1, -0.05) is 59.7 Å². The Kier molecular flexibility index (Phi) is 3.58. The maximum absolute atomic E-state index is 4.40. The molecule has 0 N–H and O–H groups in total. The molecule has 0 aliphatic carbocycles. The first-order valence-corrected chi connectivity index (χ1v) is 8.10. The van der Waals surface area contributed by atoms with Crippen LogP contribution in [-0.2, 0) is 0 Å². The van der Waals surface area contributed by atoms with Gasteiger partial charge in [-0.3, -0.25) is 0 Å². The standard InChI is InChI=1S/C22H18N2/c1-15-3-5-19-13-21(9-7-17(19)11-15)23-24-22-10-8-18-12-16(2)4-6-20(18)14-22/h3-14H,1-2H3/b24-23+. The van der Waals surface area contributed by atoms with Crippen LogP contribution < -0.4 is 0 Å². The minimum Gasteiger partial charge on any atom is -0.151 e. The average molecular weight is 310 g/mol. The summed E-state index contributed by atoms with van der Waals surface area (Å²) in [4.78, 5) is 0. The van der Waals surface area contributed by atoms with Crippen molar-refractivity contribution in [3.05, 3.63) is 83.9 Å². The first kappa shape index (κ1) is 14.6. The van der Waals surface area contributed by atoms with Crippen molar-refractivity contribution in [1.29, 1.82) is 0 Å². The summed E-state index contributed by atoms with van der Waals surface area (Å²) in [6, 6.07) is 25.2. The highest BCUT2D eigenvalue weighted by molar-refractivity contribution is 5.86. The van der Waals surface area contributed by atoms with Crippen LogP contribution in [0.3, 0.4) is 0 Å². The number of aryl methyl sites for hydroxylation is 2. The summed E-state index contributed by atoms with van der Waals surface area (Å²) in [7, 11) is 0. The van der Waals surface area contributed by atoms with Gasteiger partial charge in [0.15, 0.2) is 0 Å². The van der Waals surface area contributed by atoms with E-state index in [2.05, 4.69) is 84.7 Å². The first-order valence-electron chi connectivity index (χ1n) is 8.10. The van der Waals surface area contributed by atoms with E-state index in [1.54, 1.807) is 0 Å². The highest BCUT2D eigenvalue weighted by Gasteiger charge is 1.98. The molecule has 0 amide bonds. The van der Waals surface area contributed by atoms with Crippen molar-refractivity contribution in [3.63, 3.8) is 0 Å². The van der Waals surface area contributed by atoms with Crippen LogP contribution in [0.25, 0.3) is 21.5 Å². The van der Waals surface area contributed by atoms with Crippen molar-refractivity contribution in [2.75, 3.05) is 0 Å². The maximum Gasteiger partial charge on any atom is 0.0863 e. The SMILES string of the molecule is Cc1ccc2cc(/N=N/c3ccc4cc(C)ccc4c3)ccc2c1. The van der Waals surface area contributed by atoms with Crippen molar-refractivity contribution in [2.24, 2.45) is 10.2 Å². The van der Waals surface area contributed by atoms with Gasteiger partial charge in [0.2, 0.25) is 0 Å². The lowest BCUT2D eigenvalue weighted by Crippen LogP contribution is -1.76. The van der Waals surface area contributed by atoms with Crippen LogP contribution in [0.1, 0.15) is 11.1 Å². The Labute approximate surface area is 141 Å². The van der Waals surface area contributed by atoms with Crippen molar-refractivity contribution in [2.45, 2.75) is 13.8 Å². The van der Waals surface area contributed by atoms with E-state index in [0.29, 0.717) is 0 Å². The average Bonchev–Trinajstić information content (AvgIpc) is 2.60. The Morgan fingerprint density at radius 3 is 1.29 bits per heavy atom. The first-order chi connectivity index (χ1) is 11.7. The second-order valence-electron chi connectivity index (χ2n) is 6.27. The summed E-state index contributed by atoms with van der Waals surface area (Å²) < 4.78 is 0. The quantitative estimate of drug-likeness (QED) is 0.355. The fraction of sp³-hybridized carbons (Fsp3) is 0.0909. The molecule has 4 aromatic rings. The van der Waals surface area contributed by atoms with Gasteiger partial charge in [-0.2, -0.15) is 10.2 Å². The third-order valence-electron chi connectivity index (χ3n) is 4.24. The Hall–Kier alpha value is -3.00. The molecule has 2 nitrogen and oxygen atoms in total. The molecule has 0 fully saturated rings. The van der Waals surface area contributed by atoms with Crippen LogP contribution in [0.2, 0.25) is 0 Å². The van der Waals surface area contributed by atoms with Gasteiger partial charge >= 0.3 is 0 Å². The van der Waals surface area contributed by atoms with E-state index in [9.17, 15) is 0 Å². The van der Waals surface area contributed by atoms with E-state index < -0.39 is 0 Å². The van der Waals surface area contributed by atoms with Crippen molar-refractivity contribution >= 4 is 32.9 Å². The summed E-state index contributed by atoms with van der Waals surface area (Å²) in [6.07, 6.45) is 0. The molecule has 0 aliphatic heterocycles. The molecule has 0 saturated heterocycles. The number of nitrogens with zero attached hydrogens (tertiary/aromatic N) is 2. The number of fused-ring (bicyclic) bond motifs is 2. The van der Waals surface area contributed by atoms with Gasteiger partial charge in [-0.05, 0) is 59.7 Å². The molecule has 0 spiro atoms. The van der Waals surface area contributed by atoms with Crippen molar-refractivity contribution in [1.82, 2.24) is 0 Å². The molecule has 4 aromatic carbocycles. The van der Waals surface area contributed by atoms with Gasteiger partial charge in [0.05, 0.1) is 11.4 Å². The molecule has 2 heteroatoms. The van der Waals surface area contributed by atoms with E-state index in [0.717, 1.165) is 11.4 Å². The minimum atomic E-state index is 0.871. The monoisotopic (exact) mass is 310 g/mol. The van der Waals surface area contributed by atoms with Gasteiger partial charge in [0, 0.05) is 0 Å². The zero-order chi connectivity index (χ0) is 16.5. The largest absolute Gasteiger partial charge is 0.151 e. The minimum absolute atomic E-state index is 0.871. The number of benzene rings is 4. The highest BCUT2D eigenvalue weighted by atomic mass is 15.1. The maximum atomic E-state index is 4.40. The second kappa shape index (κ2) is 5.89. The van der Waals surface area contributed by atoms with E-state index in [-0.39, 0.29) is 0 Å². The van der Waals surface area contributed by atoms with Crippen molar-refractivity contribution < 1.29 is 0 Å². The normalized spacial score (nSPS) is 11.6. The summed E-state index contributed by atoms with van der Waals surface area (Å²) in [5.74, 6) is 0. The molecule has 0 saturated carbocycles. The topological polar surface area (TPSA) is 24.7 Å². The Balaban J connectivity index is 1.66. The lowest BCUT2D eigenvalue weighted by molar-refractivity contribution is 1.24. The second-order valence-corrected chi connectivity index (χ2v) is 6.27. The highest BCUT2D eigenvalue weighted by Crippen LogP contribution is 2.26. The van der Waals surface area contributed by atoms with Gasteiger partial charge in [-0.25, -0.2) is 0 Å². The van der Waals surface area contributed by atoms with Crippen molar-refractivity contribution in [3.8, 4) is 0 Å². The molecule has 0 heterocycles. The van der Waals surface area contributed by atoms with Crippen LogP contribution in [0.15, 0.2) is 83.0 Å². The Bertz CT molecular complexity index is 990. The predicted molar refractivity (Wildman–Crippen MR) is 102 cm³/mol. The van der Waals surface area contributed by atoms with Crippen LogP contribution in [0.5, 0.6) is 0 Å². The summed E-state index contributed by atoms with van der Waals surface area (Å²) in [5, 5.41) is 13.6. The van der Waals surface area contributed by atoms with Crippen LogP contribution in [0, 0.1) is 13.8 Å². The molecular weight excluding hydrogens is 292 g/mol. The fourth-order valence-corrected chi connectivity index (χ4v) is 2.94. The van der Waals surface area contributed by atoms with Gasteiger partial charge in [-0.15, -0.1) is 0 Å². The molecule has 0 atom stereocenters. The Morgan fingerprint density at radius 2 is 0.833 bits per heavy atom. The molecule has 0 bridgehead atoms. The fourth-order valence-electron chi connectivity index (χ4n) is 2.94. The van der Waals surface area contributed by atoms with E-state index >= 15 is 0 Å². The number of hydrogen-bond donors (Lipinski definition) is 0.